The molecule has 0 saturated carbocycles. The topological polar surface area (TPSA) is 0 Å². The minimum Gasteiger partial charge on any atom is -0.0651 e. The van der Waals surface area contributed by atoms with Crippen LogP contribution >= 0.6 is 8.58 Å². The Hall–Kier alpha value is -1.65. The van der Waals surface area contributed by atoms with E-state index >= 15 is 0 Å². The van der Waals surface area contributed by atoms with Crippen LogP contribution in [0, 0.1) is 0 Å². The van der Waals surface area contributed by atoms with Crippen molar-refractivity contribution in [3.05, 3.63) is 72.3 Å². The number of benzene rings is 3. The average molecular weight is 278 g/mol. The van der Waals surface area contributed by atoms with Crippen molar-refractivity contribution < 1.29 is 0 Å². The van der Waals surface area contributed by atoms with Crippen LogP contribution in [0.5, 0.6) is 0 Å². The van der Waals surface area contributed by atoms with E-state index in [4.69, 9.17) is 0 Å². The van der Waals surface area contributed by atoms with Gasteiger partial charge in [0.15, 0.2) is 0 Å². The molecule has 1 atom stereocenters. The van der Waals surface area contributed by atoms with Crippen molar-refractivity contribution in [1.29, 1.82) is 0 Å². The summed E-state index contributed by atoms with van der Waals surface area (Å²) in [6.45, 7) is 2.23. The number of fused-ring (bicyclic) bond motifs is 1. The molecule has 0 amide bonds. The van der Waals surface area contributed by atoms with Gasteiger partial charge in [-0.1, -0.05) is 88.7 Å². The van der Waals surface area contributed by atoms with Gasteiger partial charge in [-0.05, 0) is 33.4 Å². The Morgan fingerprint density at radius 1 is 0.800 bits per heavy atom. The summed E-state index contributed by atoms with van der Waals surface area (Å²) in [7, 11) is 0.729. The van der Waals surface area contributed by atoms with Gasteiger partial charge >= 0.3 is 0 Å². The Bertz CT molecular complexity index is 693. The molecule has 0 heterocycles. The molecule has 3 aromatic rings. The maximum Gasteiger partial charge on any atom is -0.0106 e. The lowest BCUT2D eigenvalue weighted by atomic mass is 10.1. The molecule has 100 valence electrons. The third-order valence-corrected chi connectivity index (χ3v) is 4.89. The van der Waals surface area contributed by atoms with E-state index in [1.165, 1.54) is 39.8 Å². The Labute approximate surface area is 122 Å². The SMILES string of the molecule is CCCc1ccc(Pc2cccc3ccccc23)cc1. The molecule has 0 aliphatic carbocycles. The van der Waals surface area contributed by atoms with E-state index in [1.807, 2.05) is 0 Å². The van der Waals surface area contributed by atoms with Crippen LogP contribution < -0.4 is 10.6 Å². The minimum absolute atomic E-state index is 0.729. The standard InChI is InChI=1S/C19H19P/c1-2-6-15-11-13-17(14-12-15)20-19-10-5-8-16-7-3-4-9-18(16)19/h3-5,7-14,20H,2,6H2,1H3. The van der Waals surface area contributed by atoms with Gasteiger partial charge in [-0.3, -0.25) is 0 Å². The Balaban J connectivity index is 1.89. The highest BCUT2D eigenvalue weighted by molar-refractivity contribution is 7.56. The fourth-order valence-corrected chi connectivity index (χ4v) is 3.72. The maximum absolute atomic E-state index is 2.28. The zero-order valence-electron chi connectivity index (χ0n) is 11.8. The lowest BCUT2D eigenvalue weighted by Gasteiger charge is -2.07. The van der Waals surface area contributed by atoms with E-state index in [2.05, 4.69) is 73.7 Å². The first-order chi connectivity index (χ1) is 9.86. The number of rotatable bonds is 4. The quantitative estimate of drug-likeness (QED) is 0.620. The molecule has 0 bridgehead atoms. The molecule has 3 aromatic carbocycles. The lowest BCUT2D eigenvalue weighted by molar-refractivity contribution is 0.922. The molecule has 0 spiro atoms. The highest BCUT2D eigenvalue weighted by atomic mass is 31.1. The van der Waals surface area contributed by atoms with Gasteiger partial charge in [-0.15, -0.1) is 0 Å². The maximum atomic E-state index is 2.28. The van der Waals surface area contributed by atoms with Gasteiger partial charge in [-0.25, -0.2) is 0 Å². The van der Waals surface area contributed by atoms with Gasteiger partial charge in [0, 0.05) is 0 Å². The second-order valence-electron chi connectivity index (χ2n) is 5.10. The predicted octanol–water partition coefficient (Wildman–Crippen LogP) is 4.42. The highest BCUT2D eigenvalue weighted by Gasteiger charge is 2.02. The van der Waals surface area contributed by atoms with Crippen molar-refractivity contribution in [3.8, 4) is 0 Å². The molecule has 0 aliphatic rings. The molecule has 20 heavy (non-hydrogen) atoms. The van der Waals surface area contributed by atoms with Crippen LogP contribution in [0.15, 0.2) is 66.7 Å². The van der Waals surface area contributed by atoms with Crippen LogP contribution in [-0.4, -0.2) is 0 Å². The summed E-state index contributed by atoms with van der Waals surface area (Å²) >= 11 is 0. The molecule has 0 aromatic heterocycles. The smallest absolute Gasteiger partial charge is 0.0106 e. The van der Waals surface area contributed by atoms with Crippen LogP contribution in [0.1, 0.15) is 18.9 Å². The fourth-order valence-electron chi connectivity index (χ4n) is 2.53. The van der Waals surface area contributed by atoms with Crippen LogP contribution in [0.3, 0.4) is 0 Å². The van der Waals surface area contributed by atoms with E-state index in [9.17, 15) is 0 Å². The summed E-state index contributed by atoms with van der Waals surface area (Å²) in [5.74, 6) is 0. The number of hydrogen-bond donors (Lipinski definition) is 0. The molecule has 0 nitrogen and oxygen atoms in total. The van der Waals surface area contributed by atoms with Crippen molar-refractivity contribution in [2.75, 3.05) is 0 Å². The van der Waals surface area contributed by atoms with Crippen molar-refractivity contribution in [2.24, 2.45) is 0 Å². The molecule has 3 rings (SSSR count). The summed E-state index contributed by atoms with van der Waals surface area (Å²) in [6, 6.07) is 24.4. The first kappa shape index (κ1) is 13.3. The normalized spacial score (nSPS) is 11.4. The van der Waals surface area contributed by atoms with Crippen molar-refractivity contribution in [2.45, 2.75) is 19.8 Å². The molecule has 1 heteroatoms. The van der Waals surface area contributed by atoms with Gasteiger partial charge in [0.2, 0.25) is 0 Å². The molecular formula is C19H19P. The van der Waals surface area contributed by atoms with Crippen LogP contribution in [0.2, 0.25) is 0 Å². The molecule has 0 fully saturated rings. The first-order valence-electron chi connectivity index (χ1n) is 7.20. The Kier molecular flexibility index (Phi) is 4.14. The zero-order valence-corrected chi connectivity index (χ0v) is 12.8. The second-order valence-corrected chi connectivity index (χ2v) is 6.46. The van der Waals surface area contributed by atoms with Crippen molar-refractivity contribution >= 4 is 30.0 Å². The Morgan fingerprint density at radius 2 is 1.55 bits per heavy atom. The monoisotopic (exact) mass is 278 g/mol. The average Bonchev–Trinajstić information content (AvgIpc) is 2.50. The molecular weight excluding hydrogens is 259 g/mol. The van der Waals surface area contributed by atoms with Crippen LogP contribution in [0.4, 0.5) is 0 Å². The molecule has 0 aliphatic heterocycles. The molecule has 0 N–H and O–H groups in total. The van der Waals surface area contributed by atoms with E-state index in [0.29, 0.717) is 0 Å². The van der Waals surface area contributed by atoms with Gasteiger partial charge in [0.25, 0.3) is 0 Å². The van der Waals surface area contributed by atoms with Gasteiger partial charge in [0.05, 0.1) is 0 Å². The van der Waals surface area contributed by atoms with Gasteiger partial charge in [0.1, 0.15) is 0 Å². The number of hydrogen-bond acceptors (Lipinski definition) is 0. The van der Waals surface area contributed by atoms with E-state index in [-0.39, 0.29) is 0 Å². The Morgan fingerprint density at radius 3 is 2.35 bits per heavy atom. The van der Waals surface area contributed by atoms with Crippen LogP contribution in [-0.2, 0) is 6.42 Å². The van der Waals surface area contributed by atoms with E-state index < -0.39 is 0 Å². The summed E-state index contributed by atoms with van der Waals surface area (Å²) in [5.41, 5.74) is 1.44. The number of aryl methyl sites for hydroxylation is 1. The third kappa shape index (κ3) is 2.92. The first-order valence-corrected chi connectivity index (χ1v) is 8.20. The van der Waals surface area contributed by atoms with Gasteiger partial charge < -0.3 is 0 Å². The largest absolute Gasteiger partial charge is 0.0651 e. The highest BCUT2D eigenvalue weighted by Crippen LogP contribution is 2.19. The molecule has 0 saturated heterocycles. The molecule has 1 unspecified atom stereocenters. The summed E-state index contributed by atoms with van der Waals surface area (Å²) < 4.78 is 0. The third-order valence-electron chi connectivity index (χ3n) is 3.56. The van der Waals surface area contributed by atoms with E-state index in [0.717, 1.165) is 8.58 Å². The van der Waals surface area contributed by atoms with E-state index in [1.54, 1.807) is 0 Å². The van der Waals surface area contributed by atoms with Crippen molar-refractivity contribution in [1.82, 2.24) is 0 Å². The zero-order chi connectivity index (χ0) is 13.8. The predicted molar refractivity (Wildman–Crippen MR) is 92.0 cm³/mol. The fraction of sp³-hybridized carbons (Fsp3) is 0.158. The van der Waals surface area contributed by atoms with Crippen molar-refractivity contribution in [3.63, 3.8) is 0 Å². The summed E-state index contributed by atoms with van der Waals surface area (Å²) in [5, 5.41) is 5.57. The summed E-state index contributed by atoms with van der Waals surface area (Å²) in [6.07, 6.45) is 2.39. The van der Waals surface area contributed by atoms with Crippen LogP contribution in [0.25, 0.3) is 10.8 Å². The summed E-state index contributed by atoms with van der Waals surface area (Å²) in [4.78, 5) is 0. The second kappa shape index (κ2) is 6.20. The molecule has 0 radical (unpaired) electrons. The minimum atomic E-state index is 0.729. The van der Waals surface area contributed by atoms with Gasteiger partial charge in [-0.2, -0.15) is 0 Å². The lowest BCUT2D eigenvalue weighted by Crippen LogP contribution is -2.04.